The van der Waals surface area contributed by atoms with Crippen molar-refractivity contribution in [3.8, 4) is 0 Å². The maximum Gasteiger partial charge on any atom is 0.335 e. The zero-order valence-corrected chi connectivity index (χ0v) is 12.4. The number of carbonyl (C=O) groups is 2. The van der Waals surface area contributed by atoms with E-state index in [0.717, 1.165) is 36.4 Å². The van der Waals surface area contributed by atoms with Gasteiger partial charge in [0, 0.05) is 18.0 Å². The molecule has 5 heteroatoms. The molecule has 1 aromatic rings. The first kappa shape index (κ1) is 14.9. The van der Waals surface area contributed by atoms with Gasteiger partial charge in [0.15, 0.2) is 0 Å². The maximum atomic E-state index is 12.1. The summed E-state index contributed by atoms with van der Waals surface area (Å²) in [5, 5.41) is 9.00. The van der Waals surface area contributed by atoms with Crippen LogP contribution in [-0.4, -0.2) is 40.7 Å². The van der Waals surface area contributed by atoms with Crippen molar-refractivity contribution < 1.29 is 14.7 Å². The molecule has 1 saturated heterocycles. The lowest BCUT2D eigenvalue weighted by Crippen LogP contribution is -2.36. The minimum atomic E-state index is -0.936. The van der Waals surface area contributed by atoms with Gasteiger partial charge >= 0.3 is 5.97 Å². The fourth-order valence-electron chi connectivity index (χ4n) is 2.26. The van der Waals surface area contributed by atoms with E-state index in [1.54, 1.807) is 18.2 Å². The van der Waals surface area contributed by atoms with Crippen molar-refractivity contribution in [3.05, 3.63) is 29.3 Å². The number of carbonyl (C=O) groups excluding carboxylic acids is 1. The first-order valence-corrected chi connectivity index (χ1v) is 7.81. The molecule has 0 saturated carbocycles. The Labute approximate surface area is 123 Å². The van der Waals surface area contributed by atoms with Gasteiger partial charge in [-0.2, -0.15) is 0 Å². The third-order valence-corrected chi connectivity index (χ3v) is 4.64. The summed E-state index contributed by atoms with van der Waals surface area (Å²) in [6.45, 7) is 3.64. The Balaban J connectivity index is 1.97. The van der Waals surface area contributed by atoms with E-state index < -0.39 is 5.97 Å². The predicted molar refractivity (Wildman–Crippen MR) is 79.3 cm³/mol. The van der Waals surface area contributed by atoms with Crippen LogP contribution in [0.25, 0.3) is 0 Å². The molecule has 1 fully saturated rings. The number of rotatable bonds is 4. The summed E-state index contributed by atoms with van der Waals surface area (Å²) in [5.74, 6) is -0.409. The molecule has 1 aromatic carbocycles. The first-order valence-electron chi connectivity index (χ1n) is 6.82. The normalized spacial score (nSPS) is 15.2. The van der Waals surface area contributed by atoms with E-state index >= 15 is 0 Å². The molecule has 1 N–H and O–H groups in total. The third-order valence-electron chi connectivity index (χ3n) is 3.50. The molecule has 0 unspecified atom stereocenters. The molecule has 0 aromatic heterocycles. The highest BCUT2D eigenvalue weighted by Crippen LogP contribution is 2.24. The molecule has 1 heterocycles. The molecule has 4 nitrogen and oxygen atoms in total. The second kappa shape index (κ2) is 6.79. The topological polar surface area (TPSA) is 57.6 Å². The standard InChI is InChI=1S/C15H19NO3S/c1-11-5-6-12(15(18)19)9-13(11)20-10-14(17)16-7-3-2-4-8-16/h5-6,9H,2-4,7-8,10H2,1H3,(H,18,19). The smallest absolute Gasteiger partial charge is 0.335 e. The van der Waals surface area contributed by atoms with Crippen molar-refractivity contribution in [1.29, 1.82) is 0 Å². The van der Waals surface area contributed by atoms with E-state index in [-0.39, 0.29) is 11.5 Å². The fourth-order valence-corrected chi connectivity index (χ4v) is 3.23. The summed E-state index contributed by atoms with van der Waals surface area (Å²) in [6.07, 6.45) is 3.38. The molecule has 0 spiro atoms. The van der Waals surface area contributed by atoms with E-state index in [9.17, 15) is 9.59 Å². The van der Waals surface area contributed by atoms with Crippen LogP contribution in [0.1, 0.15) is 35.2 Å². The van der Waals surface area contributed by atoms with Crippen LogP contribution in [0.2, 0.25) is 0 Å². The average Bonchev–Trinajstić information content (AvgIpc) is 2.46. The largest absolute Gasteiger partial charge is 0.478 e. The second-order valence-corrected chi connectivity index (χ2v) is 6.03. The molecular formula is C15H19NO3S. The number of piperidine rings is 1. The number of amides is 1. The van der Waals surface area contributed by atoms with Gasteiger partial charge in [-0.3, -0.25) is 4.79 Å². The Morgan fingerprint density at radius 2 is 1.95 bits per heavy atom. The highest BCUT2D eigenvalue weighted by Gasteiger charge is 2.17. The molecule has 0 bridgehead atoms. The predicted octanol–water partition coefficient (Wildman–Crippen LogP) is 2.80. The maximum absolute atomic E-state index is 12.1. The molecule has 0 radical (unpaired) electrons. The van der Waals surface area contributed by atoms with Crippen molar-refractivity contribution in [3.63, 3.8) is 0 Å². The van der Waals surface area contributed by atoms with Crippen molar-refractivity contribution in [2.24, 2.45) is 0 Å². The Bertz CT molecular complexity index is 510. The number of carboxylic acids is 1. The van der Waals surface area contributed by atoms with Crippen LogP contribution in [0, 0.1) is 6.92 Å². The lowest BCUT2D eigenvalue weighted by Gasteiger charge is -2.26. The molecule has 108 valence electrons. The van der Waals surface area contributed by atoms with Crippen LogP contribution in [0.3, 0.4) is 0 Å². The van der Waals surface area contributed by atoms with E-state index in [1.807, 2.05) is 11.8 Å². The van der Waals surface area contributed by atoms with Gasteiger partial charge in [-0.25, -0.2) is 4.79 Å². The average molecular weight is 293 g/mol. The molecule has 20 heavy (non-hydrogen) atoms. The van der Waals surface area contributed by atoms with Gasteiger partial charge in [-0.1, -0.05) is 6.07 Å². The molecule has 1 amide bonds. The van der Waals surface area contributed by atoms with Gasteiger partial charge in [0.1, 0.15) is 0 Å². The molecule has 0 atom stereocenters. The van der Waals surface area contributed by atoms with Crippen LogP contribution in [0.5, 0.6) is 0 Å². The Morgan fingerprint density at radius 1 is 1.25 bits per heavy atom. The van der Waals surface area contributed by atoms with Gasteiger partial charge in [-0.15, -0.1) is 11.8 Å². The molecular weight excluding hydrogens is 274 g/mol. The summed E-state index contributed by atoms with van der Waals surface area (Å²) in [6, 6.07) is 5.02. The number of carboxylic acid groups (broad SMARTS) is 1. The minimum Gasteiger partial charge on any atom is -0.478 e. The number of likely N-dealkylation sites (tertiary alicyclic amines) is 1. The summed E-state index contributed by atoms with van der Waals surface area (Å²) >= 11 is 1.43. The monoisotopic (exact) mass is 293 g/mol. The number of hydrogen-bond acceptors (Lipinski definition) is 3. The Hall–Kier alpha value is -1.49. The number of hydrogen-bond donors (Lipinski definition) is 1. The highest BCUT2D eigenvalue weighted by molar-refractivity contribution is 8.00. The van der Waals surface area contributed by atoms with Crippen LogP contribution in [-0.2, 0) is 4.79 Å². The van der Waals surface area contributed by atoms with Gasteiger partial charge < -0.3 is 10.0 Å². The minimum absolute atomic E-state index is 0.148. The van der Waals surface area contributed by atoms with Crippen LogP contribution in [0.4, 0.5) is 0 Å². The zero-order valence-electron chi connectivity index (χ0n) is 11.6. The Kier molecular flexibility index (Phi) is 5.06. The molecule has 1 aliphatic heterocycles. The third kappa shape index (κ3) is 3.76. The molecule has 2 rings (SSSR count). The fraction of sp³-hybridized carbons (Fsp3) is 0.467. The van der Waals surface area contributed by atoms with E-state index in [1.165, 1.54) is 18.2 Å². The summed E-state index contributed by atoms with van der Waals surface area (Å²) in [4.78, 5) is 25.8. The van der Waals surface area contributed by atoms with Gasteiger partial charge in [0.25, 0.3) is 0 Å². The van der Waals surface area contributed by atoms with E-state index in [2.05, 4.69) is 0 Å². The van der Waals surface area contributed by atoms with Gasteiger partial charge in [0.05, 0.1) is 11.3 Å². The summed E-state index contributed by atoms with van der Waals surface area (Å²) in [7, 11) is 0. The molecule has 1 aliphatic rings. The summed E-state index contributed by atoms with van der Waals surface area (Å²) < 4.78 is 0. The lowest BCUT2D eigenvalue weighted by atomic mass is 10.1. The number of nitrogens with zero attached hydrogens (tertiary/aromatic N) is 1. The quantitative estimate of drug-likeness (QED) is 0.867. The van der Waals surface area contributed by atoms with Crippen molar-refractivity contribution in [1.82, 2.24) is 4.90 Å². The van der Waals surface area contributed by atoms with E-state index in [4.69, 9.17) is 5.11 Å². The number of aromatic carboxylic acids is 1. The van der Waals surface area contributed by atoms with Crippen LogP contribution in [0.15, 0.2) is 23.1 Å². The number of benzene rings is 1. The first-order chi connectivity index (χ1) is 9.58. The van der Waals surface area contributed by atoms with Crippen LogP contribution < -0.4 is 0 Å². The van der Waals surface area contributed by atoms with Crippen molar-refractivity contribution in [2.75, 3.05) is 18.8 Å². The van der Waals surface area contributed by atoms with Crippen molar-refractivity contribution >= 4 is 23.6 Å². The van der Waals surface area contributed by atoms with Crippen LogP contribution >= 0.6 is 11.8 Å². The summed E-state index contributed by atoms with van der Waals surface area (Å²) in [5.41, 5.74) is 1.27. The second-order valence-electron chi connectivity index (χ2n) is 5.02. The highest BCUT2D eigenvalue weighted by atomic mass is 32.2. The Morgan fingerprint density at radius 3 is 2.60 bits per heavy atom. The van der Waals surface area contributed by atoms with Gasteiger partial charge in [-0.05, 0) is 43.9 Å². The van der Waals surface area contributed by atoms with Gasteiger partial charge in [0.2, 0.25) is 5.91 Å². The van der Waals surface area contributed by atoms with E-state index in [0.29, 0.717) is 5.75 Å². The van der Waals surface area contributed by atoms with Crippen molar-refractivity contribution in [2.45, 2.75) is 31.1 Å². The SMILES string of the molecule is Cc1ccc(C(=O)O)cc1SCC(=O)N1CCCCC1. The lowest BCUT2D eigenvalue weighted by molar-refractivity contribution is -0.129. The molecule has 0 aliphatic carbocycles. The number of thioether (sulfide) groups is 1. The zero-order chi connectivity index (χ0) is 14.5. The number of aryl methyl sites for hydroxylation is 1.